The molecular weight excluding hydrogens is 354 g/mol. The van der Waals surface area contributed by atoms with Gasteiger partial charge in [0, 0.05) is 50.4 Å². The number of rotatable bonds is 5. The van der Waals surface area contributed by atoms with Crippen molar-refractivity contribution in [1.29, 1.82) is 5.26 Å². The molecule has 1 aliphatic heterocycles. The van der Waals surface area contributed by atoms with Crippen molar-refractivity contribution >= 4 is 17.5 Å². The molecule has 0 aromatic heterocycles. The second kappa shape index (κ2) is 9.53. The number of benzene rings is 2. The lowest BCUT2D eigenvalue weighted by molar-refractivity contribution is -0.122. The number of hydrazine groups is 1. The summed E-state index contributed by atoms with van der Waals surface area (Å²) in [5, 5.41) is 8.77. The minimum Gasteiger partial charge on any atom is -0.369 e. The van der Waals surface area contributed by atoms with Gasteiger partial charge in [0.05, 0.1) is 11.6 Å². The van der Waals surface area contributed by atoms with Crippen LogP contribution in [0.2, 0.25) is 0 Å². The van der Waals surface area contributed by atoms with E-state index in [0.717, 1.165) is 26.2 Å². The molecule has 1 saturated heterocycles. The van der Waals surface area contributed by atoms with Crippen molar-refractivity contribution in [3.63, 3.8) is 0 Å². The Labute approximate surface area is 164 Å². The molecule has 7 heteroatoms. The van der Waals surface area contributed by atoms with Crippen molar-refractivity contribution in [2.45, 2.75) is 6.42 Å². The van der Waals surface area contributed by atoms with Crippen LogP contribution in [0.25, 0.3) is 0 Å². The zero-order valence-corrected chi connectivity index (χ0v) is 15.6. The molecule has 0 bridgehead atoms. The van der Waals surface area contributed by atoms with E-state index in [1.54, 1.807) is 24.3 Å². The van der Waals surface area contributed by atoms with Crippen LogP contribution in [0.15, 0.2) is 54.6 Å². The maximum atomic E-state index is 12.0. The fourth-order valence-corrected chi connectivity index (χ4v) is 3.09. The topological polar surface area (TPSA) is 88.5 Å². The smallest absolute Gasteiger partial charge is 0.269 e. The molecule has 0 saturated carbocycles. The Morgan fingerprint density at radius 3 is 2.25 bits per heavy atom. The lowest BCUT2D eigenvalue weighted by atomic mass is 10.1. The Hall–Kier alpha value is -3.37. The monoisotopic (exact) mass is 377 g/mol. The van der Waals surface area contributed by atoms with E-state index in [2.05, 4.69) is 32.8 Å². The quantitative estimate of drug-likeness (QED) is 0.772. The number of nitriles is 1. The molecule has 3 rings (SSSR count). The third kappa shape index (κ3) is 5.32. The third-order valence-corrected chi connectivity index (χ3v) is 4.74. The summed E-state index contributed by atoms with van der Waals surface area (Å²) in [6.07, 6.45) is 0.318. The van der Waals surface area contributed by atoms with Crippen LogP contribution in [0, 0.1) is 11.3 Å². The van der Waals surface area contributed by atoms with Gasteiger partial charge in [-0.15, -0.1) is 0 Å². The average Bonchev–Trinajstić information content (AvgIpc) is 2.77. The van der Waals surface area contributed by atoms with E-state index >= 15 is 0 Å². The normalized spacial score (nSPS) is 14.2. The first kappa shape index (κ1) is 19.4. The Kier molecular flexibility index (Phi) is 6.60. The van der Waals surface area contributed by atoms with Crippen LogP contribution in [0.4, 0.5) is 5.69 Å². The van der Waals surface area contributed by atoms with Gasteiger partial charge < -0.3 is 4.90 Å². The van der Waals surface area contributed by atoms with Gasteiger partial charge in [0.15, 0.2) is 0 Å². The summed E-state index contributed by atoms with van der Waals surface area (Å²) in [5.41, 5.74) is 6.94. The van der Waals surface area contributed by atoms with Gasteiger partial charge >= 0.3 is 0 Å². The molecule has 0 spiro atoms. The minimum atomic E-state index is -0.408. The summed E-state index contributed by atoms with van der Waals surface area (Å²) < 4.78 is 0. The molecule has 0 aliphatic carbocycles. The molecule has 2 N–H and O–H groups in total. The van der Waals surface area contributed by atoms with E-state index < -0.39 is 5.91 Å². The lowest BCUT2D eigenvalue weighted by Crippen LogP contribution is -2.48. The van der Waals surface area contributed by atoms with Crippen LogP contribution in [-0.2, 0) is 4.79 Å². The highest BCUT2D eigenvalue weighted by molar-refractivity contribution is 5.95. The first-order valence-corrected chi connectivity index (χ1v) is 9.27. The Morgan fingerprint density at radius 2 is 1.61 bits per heavy atom. The molecule has 1 fully saturated rings. The predicted octanol–water partition coefficient (Wildman–Crippen LogP) is 1.53. The number of amides is 2. The van der Waals surface area contributed by atoms with Gasteiger partial charge in [-0.3, -0.25) is 25.3 Å². The maximum Gasteiger partial charge on any atom is 0.269 e. The first-order valence-electron chi connectivity index (χ1n) is 9.27. The van der Waals surface area contributed by atoms with E-state index in [4.69, 9.17) is 5.26 Å². The lowest BCUT2D eigenvalue weighted by Gasteiger charge is -2.36. The molecule has 7 nitrogen and oxygen atoms in total. The number of nitrogens with zero attached hydrogens (tertiary/aromatic N) is 3. The largest absolute Gasteiger partial charge is 0.369 e. The predicted molar refractivity (Wildman–Crippen MR) is 106 cm³/mol. The van der Waals surface area contributed by atoms with Crippen LogP contribution in [-0.4, -0.2) is 49.4 Å². The maximum absolute atomic E-state index is 12.0. The number of hydrogen-bond acceptors (Lipinski definition) is 5. The SMILES string of the molecule is N#Cc1ccc(C(=O)NNC(=O)CCN2CCN(c3ccccc3)CC2)cc1. The van der Waals surface area contributed by atoms with E-state index in [1.807, 2.05) is 24.3 Å². The van der Waals surface area contributed by atoms with Gasteiger partial charge in [-0.25, -0.2) is 0 Å². The summed E-state index contributed by atoms with van der Waals surface area (Å²) in [4.78, 5) is 28.6. The van der Waals surface area contributed by atoms with Gasteiger partial charge in [0.2, 0.25) is 5.91 Å². The molecule has 2 aromatic rings. The van der Waals surface area contributed by atoms with Gasteiger partial charge in [0.25, 0.3) is 5.91 Å². The number of anilines is 1. The number of carbonyl (C=O) groups excluding carboxylic acids is 2. The molecule has 2 amide bonds. The third-order valence-electron chi connectivity index (χ3n) is 4.74. The number of carbonyl (C=O) groups is 2. The van der Waals surface area contributed by atoms with Crippen LogP contribution < -0.4 is 15.8 Å². The average molecular weight is 377 g/mol. The summed E-state index contributed by atoms with van der Waals surface area (Å²) in [7, 11) is 0. The number of para-hydroxylation sites is 1. The highest BCUT2D eigenvalue weighted by atomic mass is 16.2. The molecule has 0 radical (unpaired) electrons. The van der Waals surface area contributed by atoms with Crippen molar-refractivity contribution in [2.75, 3.05) is 37.6 Å². The summed E-state index contributed by atoms with van der Waals surface area (Å²) in [5.74, 6) is -0.637. The van der Waals surface area contributed by atoms with Crippen molar-refractivity contribution in [1.82, 2.24) is 15.8 Å². The molecule has 1 aliphatic rings. The molecule has 28 heavy (non-hydrogen) atoms. The number of hydrogen-bond donors (Lipinski definition) is 2. The van der Waals surface area contributed by atoms with Crippen molar-refractivity contribution < 1.29 is 9.59 Å². The highest BCUT2D eigenvalue weighted by Gasteiger charge is 2.17. The van der Waals surface area contributed by atoms with Crippen molar-refractivity contribution in [3.05, 3.63) is 65.7 Å². The van der Waals surface area contributed by atoms with E-state index in [1.165, 1.54) is 5.69 Å². The Morgan fingerprint density at radius 1 is 0.929 bits per heavy atom. The fourth-order valence-electron chi connectivity index (χ4n) is 3.09. The standard InChI is InChI=1S/C21H23N5O2/c22-16-17-6-8-18(9-7-17)21(28)24-23-20(27)10-11-25-12-14-26(15-13-25)19-4-2-1-3-5-19/h1-9H,10-15H2,(H,23,27)(H,24,28). The van der Waals surface area contributed by atoms with Crippen molar-refractivity contribution in [3.8, 4) is 6.07 Å². The fraction of sp³-hybridized carbons (Fsp3) is 0.286. The first-order chi connectivity index (χ1) is 13.7. The molecule has 144 valence electrons. The molecule has 1 heterocycles. The number of nitrogens with one attached hydrogen (secondary N) is 2. The zero-order valence-electron chi connectivity index (χ0n) is 15.6. The second-order valence-corrected chi connectivity index (χ2v) is 6.61. The molecular formula is C21H23N5O2. The van der Waals surface area contributed by atoms with Gasteiger partial charge in [-0.2, -0.15) is 5.26 Å². The van der Waals surface area contributed by atoms with E-state index in [9.17, 15) is 9.59 Å². The zero-order chi connectivity index (χ0) is 19.8. The van der Waals surface area contributed by atoms with Gasteiger partial charge in [-0.05, 0) is 36.4 Å². The van der Waals surface area contributed by atoms with E-state index in [0.29, 0.717) is 24.1 Å². The molecule has 0 unspecified atom stereocenters. The van der Waals surface area contributed by atoms with Crippen molar-refractivity contribution in [2.24, 2.45) is 0 Å². The Bertz CT molecular complexity index is 837. The van der Waals surface area contributed by atoms with Gasteiger partial charge in [-0.1, -0.05) is 18.2 Å². The second-order valence-electron chi connectivity index (χ2n) is 6.61. The van der Waals surface area contributed by atoms with Crippen LogP contribution in [0.3, 0.4) is 0 Å². The van der Waals surface area contributed by atoms with E-state index in [-0.39, 0.29) is 5.91 Å². The molecule has 0 atom stereocenters. The summed E-state index contributed by atoms with van der Waals surface area (Å²) in [6, 6.07) is 18.5. The minimum absolute atomic E-state index is 0.229. The molecule has 2 aromatic carbocycles. The number of piperazine rings is 1. The van der Waals surface area contributed by atoms with Crippen LogP contribution in [0.5, 0.6) is 0 Å². The highest BCUT2D eigenvalue weighted by Crippen LogP contribution is 2.15. The van der Waals surface area contributed by atoms with Gasteiger partial charge in [0.1, 0.15) is 0 Å². The Balaban J connectivity index is 1.35. The van der Waals surface area contributed by atoms with Crippen LogP contribution in [0.1, 0.15) is 22.3 Å². The summed E-state index contributed by atoms with van der Waals surface area (Å²) >= 11 is 0. The van der Waals surface area contributed by atoms with Crippen LogP contribution >= 0.6 is 0 Å². The summed E-state index contributed by atoms with van der Waals surface area (Å²) in [6.45, 7) is 4.32.